The molecule has 1 fully saturated rings. The molecule has 1 saturated carbocycles. The van der Waals surface area contributed by atoms with Gasteiger partial charge in [0.25, 0.3) is 0 Å². The monoisotopic (exact) mass is 281 g/mol. The molecule has 3 heteroatoms. The quantitative estimate of drug-likeness (QED) is 0.783. The molecule has 3 nitrogen and oxygen atoms in total. The summed E-state index contributed by atoms with van der Waals surface area (Å²) in [4.78, 5) is 0. The molecule has 1 aromatic heterocycles. The van der Waals surface area contributed by atoms with Crippen molar-refractivity contribution in [3.63, 3.8) is 0 Å². The minimum atomic E-state index is 0.247. The Kier molecular flexibility index (Phi) is 3.98. The van der Waals surface area contributed by atoms with Gasteiger partial charge >= 0.3 is 0 Å². The van der Waals surface area contributed by atoms with Crippen molar-refractivity contribution in [2.24, 2.45) is 5.41 Å². The SMILES string of the molecule is CCCNCc1cccc2c1ccn2CC1(CC#N)CC1. The number of hydrogen-bond donors (Lipinski definition) is 1. The van der Waals surface area contributed by atoms with Crippen LogP contribution in [0.25, 0.3) is 10.9 Å². The summed E-state index contributed by atoms with van der Waals surface area (Å²) in [5, 5.41) is 13.8. The molecule has 3 rings (SSSR count). The molecule has 110 valence electrons. The van der Waals surface area contributed by atoms with E-state index >= 15 is 0 Å². The maximum atomic E-state index is 8.98. The Morgan fingerprint density at radius 2 is 2.19 bits per heavy atom. The summed E-state index contributed by atoms with van der Waals surface area (Å²) in [6.07, 6.45) is 6.42. The Morgan fingerprint density at radius 3 is 2.90 bits per heavy atom. The van der Waals surface area contributed by atoms with Crippen molar-refractivity contribution < 1.29 is 0 Å². The van der Waals surface area contributed by atoms with E-state index < -0.39 is 0 Å². The Bertz CT molecular complexity index is 659. The summed E-state index contributed by atoms with van der Waals surface area (Å²) in [5.41, 5.74) is 2.91. The third-order valence-electron chi connectivity index (χ3n) is 4.56. The molecule has 0 atom stereocenters. The lowest BCUT2D eigenvalue weighted by molar-refractivity contribution is 0.440. The van der Waals surface area contributed by atoms with E-state index in [9.17, 15) is 0 Å². The van der Waals surface area contributed by atoms with E-state index in [-0.39, 0.29) is 5.41 Å². The number of benzene rings is 1. The summed E-state index contributed by atoms with van der Waals surface area (Å²) in [5.74, 6) is 0. The Hall–Kier alpha value is -1.79. The van der Waals surface area contributed by atoms with Gasteiger partial charge in [-0.2, -0.15) is 5.26 Å². The summed E-state index contributed by atoms with van der Waals surface area (Å²) in [6.45, 7) is 5.16. The zero-order chi connectivity index (χ0) is 14.7. The van der Waals surface area contributed by atoms with Crippen molar-refractivity contribution in [1.29, 1.82) is 5.26 Å². The van der Waals surface area contributed by atoms with Gasteiger partial charge in [0.2, 0.25) is 0 Å². The lowest BCUT2D eigenvalue weighted by Crippen LogP contribution is -2.14. The Balaban J connectivity index is 1.82. The summed E-state index contributed by atoms with van der Waals surface area (Å²) < 4.78 is 2.34. The van der Waals surface area contributed by atoms with Crippen LogP contribution >= 0.6 is 0 Å². The summed E-state index contributed by atoms with van der Waals surface area (Å²) >= 11 is 0. The topological polar surface area (TPSA) is 40.8 Å². The van der Waals surface area contributed by atoms with Crippen LogP contribution in [0.4, 0.5) is 0 Å². The fraction of sp³-hybridized carbons (Fsp3) is 0.500. The predicted octanol–water partition coefficient (Wildman–Crippen LogP) is 3.83. The Labute approximate surface area is 126 Å². The van der Waals surface area contributed by atoms with Crippen molar-refractivity contribution in [2.75, 3.05) is 6.54 Å². The fourth-order valence-electron chi connectivity index (χ4n) is 3.08. The highest BCUT2D eigenvalue weighted by Gasteiger charge is 2.42. The van der Waals surface area contributed by atoms with Crippen molar-refractivity contribution in [2.45, 2.75) is 45.7 Å². The van der Waals surface area contributed by atoms with Gasteiger partial charge in [0.05, 0.1) is 6.07 Å². The molecule has 1 aromatic carbocycles. The molecule has 0 amide bonds. The zero-order valence-corrected chi connectivity index (χ0v) is 12.7. The van der Waals surface area contributed by atoms with Crippen molar-refractivity contribution in [1.82, 2.24) is 9.88 Å². The average molecular weight is 281 g/mol. The van der Waals surface area contributed by atoms with E-state index in [1.165, 1.54) is 29.3 Å². The Morgan fingerprint density at radius 1 is 1.33 bits per heavy atom. The first-order valence-corrected chi connectivity index (χ1v) is 7.92. The highest BCUT2D eigenvalue weighted by molar-refractivity contribution is 5.83. The minimum absolute atomic E-state index is 0.247. The second-order valence-corrected chi connectivity index (χ2v) is 6.31. The molecule has 0 spiro atoms. The van der Waals surface area contributed by atoms with Crippen LogP contribution in [0, 0.1) is 16.7 Å². The van der Waals surface area contributed by atoms with Crippen LogP contribution in [-0.4, -0.2) is 11.1 Å². The lowest BCUT2D eigenvalue weighted by Gasteiger charge is -2.14. The molecule has 0 saturated heterocycles. The number of rotatable bonds is 7. The van der Waals surface area contributed by atoms with Gasteiger partial charge in [0.1, 0.15) is 0 Å². The van der Waals surface area contributed by atoms with Gasteiger partial charge in [0, 0.05) is 42.0 Å². The van der Waals surface area contributed by atoms with E-state index in [4.69, 9.17) is 5.26 Å². The third kappa shape index (κ3) is 2.96. The number of hydrogen-bond acceptors (Lipinski definition) is 2. The molecule has 1 aliphatic rings. The number of nitrogens with one attached hydrogen (secondary N) is 1. The van der Waals surface area contributed by atoms with Crippen LogP contribution < -0.4 is 5.32 Å². The summed E-state index contributed by atoms with van der Waals surface area (Å²) in [6, 6.07) is 11.1. The maximum Gasteiger partial charge on any atom is 0.0628 e. The molecule has 21 heavy (non-hydrogen) atoms. The molecule has 0 radical (unpaired) electrons. The van der Waals surface area contributed by atoms with Crippen LogP contribution in [0.15, 0.2) is 30.5 Å². The van der Waals surface area contributed by atoms with E-state index in [2.05, 4.69) is 53.3 Å². The third-order valence-corrected chi connectivity index (χ3v) is 4.56. The largest absolute Gasteiger partial charge is 0.347 e. The minimum Gasteiger partial charge on any atom is -0.347 e. The summed E-state index contributed by atoms with van der Waals surface area (Å²) in [7, 11) is 0. The molecule has 1 aliphatic carbocycles. The predicted molar refractivity (Wildman–Crippen MR) is 85.8 cm³/mol. The average Bonchev–Trinajstić information content (AvgIpc) is 3.12. The van der Waals surface area contributed by atoms with Crippen molar-refractivity contribution >= 4 is 10.9 Å². The fourth-order valence-corrected chi connectivity index (χ4v) is 3.08. The van der Waals surface area contributed by atoms with Gasteiger partial charge < -0.3 is 9.88 Å². The van der Waals surface area contributed by atoms with Gasteiger partial charge in [-0.1, -0.05) is 19.1 Å². The number of fused-ring (bicyclic) bond motifs is 1. The molecular weight excluding hydrogens is 258 g/mol. The standard InChI is InChI=1S/C18H23N3/c1-2-11-20-13-15-4-3-5-17-16(15)6-12-21(17)14-18(7-8-18)9-10-19/h3-6,12,20H,2,7-9,11,13-14H2,1H3. The highest BCUT2D eigenvalue weighted by Crippen LogP contribution is 2.50. The maximum absolute atomic E-state index is 8.98. The van der Waals surface area contributed by atoms with Crippen LogP contribution in [0.5, 0.6) is 0 Å². The number of nitrogens with zero attached hydrogens (tertiary/aromatic N) is 2. The van der Waals surface area contributed by atoms with Crippen LogP contribution in [0.2, 0.25) is 0 Å². The molecular formula is C18H23N3. The number of nitriles is 1. The van der Waals surface area contributed by atoms with Gasteiger partial charge in [-0.15, -0.1) is 0 Å². The van der Waals surface area contributed by atoms with Gasteiger partial charge in [0.15, 0.2) is 0 Å². The second-order valence-electron chi connectivity index (χ2n) is 6.31. The first-order chi connectivity index (χ1) is 10.3. The molecule has 0 aliphatic heterocycles. The molecule has 0 bridgehead atoms. The highest BCUT2D eigenvalue weighted by atomic mass is 15.0. The van der Waals surface area contributed by atoms with E-state index in [1.807, 2.05) is 0 Å². The molecule has 1 N–H and O–H groups in total. The lowest BCUT2D eigenvalue weighted by atomic mass is 10.0. The van der Waals surface area contributed by atoms with E-state index in [1.54, 1.807) is 0 Å². The molecule has 2 aromatic rings. The van der Waals surface area contributed by atoms with Crippen LogP contribution in [0.3, 0.4) is 0 Å². The molecule has 0 unspecified atom stereocenters. The first kappa shape index (κ1) is 14.2. The van der Waals surface area contributed by atoms with Crippen molar-refractivity contribution in [3.05, 3.63) is 36.0 Å². The van der Waals surface area contributed by atoms with Crippen molar-refractivity contribution in [3.8, 4) is 6.07 Å². The van der Waals surface area contributed by atoms with Gasteiger partial charge in [-0.05, 0) is 43.5 Å². The number of aromatic nitrogens is 1. The van der Waals surface area contributed by atoms with Gasteiger partial charge in [-0.3, -0.25) is 0 Å². The zero-order valence-electron chi connectivity index (χ0n) is 12.7. The van der Waals surface area contributed by atoms with E-state index in [0.29, 0.717) is 6.42 Å². The van der Waals surface area contributed by atoms with E-state index in [0.717, 1.165) is 26.1 Å². The van der Waals surface area contributed by atoms with Gasteiger partial charge in [-0.25, -0.2) is 0 Å². The van der Waals surface area contributed by atoms with Crippen LogP contribution in [-0.2, 0) is 13.1 Å². The van der Waals surface area contributed by atoms with Crippen LogP contribution in [0.1, 0.15) is 38.2 Å². The normalized spacial score (nSPS) is 16.0. The smallest absolute Gasteiger partial charge is 0.0628 e. The first-order valence-electron chi connectivity index (χ1n) is 7.92. The molecule has 1 heterocycles. The second kappa shape index (κ2) is 5.91.